The Kier molecular flexibility index (Phi) is 6.15. The van der Waals surface area contributed by atoms with Gasteiger partial charge in [0.25, 0.3) is 0 Å². The molecular weight excluding hydrogens is 275 g/mol. The van der Waals surface area contributed by atoms with Gasteiger partial charge >= 0.3 is 6.18 Å². The maximum absolute atomic E-state index is 13.4. The molecule has 0 heterocycles. The van der Waals surface area contributed by atoms with Gasteiger partial charge in [-0.1, -0.05) is 37.8 Å². The zero-order chi connectivity index (χ0) is 15.3. The first-order chi connectivity index (χ1) is 10.0. The van der Waals surface area contributed by atoms with Crippen molar-refractivity contribution < 1.29 is 13.2 Å². The summed E-state index contributed by atoms with van der Waals surface area (Å²) >= 11 is 0. The highest BCUT2D eigenvalue weighted by Crippen LogP contribution is 2.44. The topological polar surface area (TPSA) is 12.0 Å². The molecule has 1 nitrogen and oxygen atoms in total. The van der Waals surface area contributed by atoms with Gasteiger partial charge in [0.1, 0.15) is 0 Å². The molecule has 0 saturated heterocycles. The smallest absolute Gasteiger partial charge is 0.310 e. The van der Waals surface area contributed by atoms with Crippen molar-refractivity contribution in [3.8, 4) is 0 Å². The van der Waals surface area contributed by atoms with Gasteiger partial charge in [-0.2, -0.15) is 13.2 Å². The van der Waals surface area contributed by atoms with Crippen LogP contribution in [0.3, 0.4) is 0 Å². The SMILES string of the molecule is CCNC(C1=CCCCCC1)C1CCCCC1C(F)(F)F. The highest BCUT2D eigenvalue weighted by molar-refractivity contribution is 5.15. The molecular formula is C17H28F3N. The second-order valence-electron chi connectivity index (χ2n) is 6.51. The highest BCUT2D eigenvalue weighted by atomic mass is 19.4. The van der Waals surface area contributed by atoms with Crippen molar-refractivity contribution in [2.45, 2.75) is 76.9 Å². The van der Waals surface area contributed by atoms with Crippen molar-refractivity contribution >= 4 is 0 Å². The van der Waals surface area contributed by atoms with Crippen LogP contribution in [0, 0.1) is 11.8 Å². The Hall–Kier alpha value is -0.510. The summed E-state index contributed by atoms with van der Waals surface area (Å²) in [4.78, 5) is 0. The molecule has 0 aromatic heterocycles. The molecule has 0 radical (unpaired) electrons. The lowest BCUT2D eigenvalue weighted by atomic mass is 9.72. The summed E-state index contributed by atoms with van der Waals surface area (Å²) in [5.41, 5.74) is 1.25. The molecule has 21 heavy (non-hydrogen) atoms. The van der Waals surface area contributed by atoms with Crippen LogP contribution >= 0.6 is 0 Å². The standard InChI is InChI=1S/C17H28F3N/c1-2-21-16(13-9-5-3-4-6-10-13)14-11-7-8-12-15(14)17(18,19)20/h9,14-16,21H,2-8,10-12H2,1H3. The fourth-order valence-electron chi connectivity index (χ4n) is 4.06. The molecule has 1 fully saturated rings. The molecule has 1 saturated carbocycles. The van der Waals surface area contributed by atoms with E-state index in [9.17, 15) is 13.2 Å². The van der Waals surface area contributed by atoms with Crippen LogP contribution in [-0.2, 0) is 0 Å². The van der Waals surface area contributed by atoms with E-state index < -0.39 is 12.1 Å². The monoisotopic (exact) mass is 303 g/mol. The Balaban J connectivity index is 2.19. The largest absolute Gasteiger partial charge is 0.392 e. The zero-order valence-corrected chi connectivity index (χ0v) is 13.0. The van der Waals surface area contributed by atoms with Gasteiger partial charge in [-0.3, -0.25) is 0 Å². The second kappa shape index (κ2) is 7.66. The third kappa shape index (κ3) is 4.48. The molecule has 122 valence electrons. The Morgan fingerprint density at radius 3 is 2.62 bits per heavy atom. The quantitative estimate of drug-likeness (QED) is 0.702. The van der Waals surface area contributed by atoms with Crippen molar-refractivity contribution in [3.63, 3.8) is 0 Å². The van der Waals surface area contributed by atoms with E-state index in [-0.39, 0.29) is 12.0 Å². The number of allylic oxidation sites excluding steroid dienone is 1. The van der Waals surface area contributed by atoms with Crippen LogP contribution in [-0.4, -0.2) is 18.8 Å². The molecule has 2 aliphatic rings. The lowest BCUT2D eigenvalue weighted by Crippen LogP contribution is -2.46. The Labute approximate surface area is 126 Å². The van der Waals surface area contributed by atoms with E-state index >= 15 is 0 Å². The van der Waals surface area contributed by atoms with Gasteiger partial charge in [-0.25, -0.2) is 0 Å². The minimum atomic E-state index is -4.05. The molecule has 0 aliphatic heterocycles. The van der Waals surface area contributed by atoms with Gasteiger partial charge in [0.15, 0.2) is 0 Å². The molecule has 4 heteroatoms. The van der Waals surface area contributed by atoms with Crippen LogP contribution in [0.1, 0.15) is 64.7 Å². The molecule has 0 aromatic rings. The van der Waals surface area contributed by atoms with Gasteiger partial charge in [0.05, 0.1) is 5.92 Å². The van der Waals surface area contributed by atoms with E-state index in [1.807, 2.05) is 6.92 Å². The molecule has 2 aliphatic carbocycles. The van der Waals surface area contributed by atoms with Crippen molar-refractivity contribution in [1.82, 2.24) is 5.32 Å². The number of likely N-dealkylation sites (N-methyl/N-ethyl adjacent to an activating group) is 1. The molecule has 2 rings (SSSR count). The minimum absolute atomic E-state index is 0.0694. The van der Waals surface area contributed by atoms with E-state index in [4.69, 9.17) is 0 Å². The van der Waals surface area contributed by atoms with Gasteiger partial charge < -0.3 is 5.32 Å². The van der Waals surface area contributed by atoms with E-state index in [1.165, 1.54) is 18.4 Å². The number of nitrogens with one attached hydrogen (secondary N) is 1. The maximum atomic E-state index is 13.4. The van der Waals surface area contributed by atoms with Crippen LogP contribution in [0.25, 0.3) is 0 Å². The lowest BCUT2D eigenvalue weighted by molar-refractivity contribution is -0.198. The Morgan fingerprint density at radius 1 is 1.14 bits per heavy atom. The number of alkyl halides is 3. The first-order valence-electron chi connectivity index (χ1n) is 8.53. The predicted octanol–water partition coefficient (Wildman–Crippen LogP) is 5.22. The molecule has 3 unspecified atom stereocenters. The van der Waals surface area contributed by atoms with Gasteiger partial charge in [-0.05, 0) is 51.0 Å². The summed E-state index contributed by atoms with van der Waals surface area (Å²) in [6, 6.07) is -0.0694. The van der Waals surface area contributed by atoms with E-state index in [0.717, 1.165) is 38.6 Å². The average Bonchev–Trinajstić information content (AvgIpc) is 2.73. The van der Waals surface area contributed by atoms with Gasteiger partial charge in [0, 0.05) is 6.04 Å². The van der Waals surface area contributed by atoms with Crippen LogP contribution in [0.4, 0.5) is 13.2 Å². The van der Waals surface area contributed by atoms with E-state index in [2.05, 4.69) is 11.4 Å². The summed E-state index contributed by atoms with van der Waals surface area (Å²) in [5, 5.41) is 3.38. The molecule has 1 N–H and O–H groups in total. The Bertz CT molecular complexity index is 348. The second-order valence-corrected chi connectivity index (χ2v) is 6.51. The number of hydrogen-bond donors (Lipinski definition) is 1. The zero-order valence-electron chi connectivity index (χ0n) is 13.0. The van der Waals surface area contributed by atoms with Crippen molar-refractivity contribution in [1.29, 1.82) is 0 Å². The van der Waals surface area contributed by atoms with Crippen molar-refractivity contribution in [2.75, 3.05) is 6.54 Å². The predicted molar refractivity (Wildman–Crippen MR) is 80.1 cm³/mol. The van der Waals surface area contributed by atoms with Crippen molar-refractivity contribution in [2.24, 2.45) is 11.8 Å². The summed E-state index contributed by atoms with van der Waals surface area (Å²) in [5.74, 6) is -1.40. The van der Waals surface area contributed by atoms with E-state index in [1.54, 1.807) is 0 Å². The number of halogens is 3. The van der Waals surface area contributed by atoms with Gasteiger partial charge in [0.2, 0.25) is 0 Å². The molecule has 0 bridgehead atoms. The number of hydrogen-bond acceptors (Lipinski definition) is 1. The molecule has 0 spiro atoms. The minimum Gasteiger partial charge on any atom is -0.310 e. The fourth-order valence-corrected chi connectivity index (χ4v) is 4.06. The third-order valence-corrected chi connectivity index (χ3v) is 5.07. The summed E-state index contributed by atoms with van der Waals surface area (Å²) in [6.45, 7) is 2.73. The highest BCUT2D eigenvalue weighted by Gasteiger charge is 2.48. The molecule has 0 amide bonds. The fraction of sp³-hybridized carbons (Fsp3) is 0.882. The average molecular weight is 303 g/mol. The summed E-state index contributed by atoms with van der Waals surface area (Å²) in [7, 11) is 0. The first kappa shape index (κ1) is 16.9. The lowest BCUT2D eigenvalue weighted by Gasteiger charge is -2.39. The van der Waals surface area contributed by atoms with Gasteiger partial charge in [-0.15, -0.1) is 0 Å². The van der Waals surface area contributed by atoms with Crippen LogP contribution < -0.4 is 5.32 Å². The van der Waals surface area contributed by atoms with Crippen LogP contribution in [0.2, 0.25) is 0 Å². The summed E-state index contributed by atoms with van der Waals surface area (Å²) < 4.78 is 40.2. The Morgan fingerprint density at radius 2 is 1.90 bits per heavy atom. The molecule has 3 atom stereocenters. The maximum Gasteiger partial charge on any atom is 0.392 e. The first-order valence-corrected chi connectivity index (χ1v) is 8.53. The normalized spacial score (nSPS) is 29.6. The summed E-state index contributed by atoms with van der Waals surface area (Å²) in [6.07, 6.45) is 6.35. The third-order valence-electron chi connectivity index (χ3n) is 5.07. The van der Waals surface area contributed by atoms with Crippen LogP contribution in [0.5, 0.6) is 0 Å². The molecule has 0 aromatic carbocycles. The van der Waals surface area contributed by atoms with E-state index in [0.29, 0.717) is 12.8 Å². The number of rotatable bonds is 4. The van der Waals surface area contributed by atoms with Crippen molar-refractivity contribution in [3.05, 3.63) is 11.6 Å². The van der Waals surface area contributed by atoms with Crippen LogP contribution in [0.15, 0.2) is 11.6 Å².